The topological polar surface area (TPSA) is 52.6 Å². The maximum Gasteiger partial charge on any atom is 0.418 e. The van der Waals surface area contributed by atoms with Gasteiger partial charge in [-0.25, -0.2) is 9.59 Å². The molecule has 0 aliphatic rings. The number of unbranched alkanes of at least 4 members (excludes halogenated alkanes) is 2. The molecular formula is C24H29O4. The van der Waals surface area contributed by atoms with Gasteiger partial charge in [0.25, 0.3) is 0 Å². The summed E-state index contributed by atoms with van der Waals surface area (Å²) < 4.78 is 10.5. The Bertz CT molecular complexity index is 710. The van der Waals surface area contributed by atoms with E-state index in [1.807, 2.05) is 62.4 Å². The van der Waals surface area contributed by atoms with Crippen LogP contribution in [-0.2, 0) is 31.9 Å². The smallest absolute Gasteiger partial charge is 0.418 e. The first-order valence-corrected chi connectivity index (χ1v) is 9.84. The van der Waals surface area contributed by atoms with Gasteiger partial charge >= 0.3 is 12.4 Å². The van der Waals surface area contributed by atoms with E-state index in [4.69, 9.17) is 9.47 Å². The maximum atomic E-state index is 12.5. The van der Waals surface area contributed by atoms with Gasteiger partial charge in [-0.3, -0.25) is 0 Å². The molecule has 0 saturated carbocycles. The van der Waals surface area contributed by atoms with E-state index in [9.17, 15) is 9.59 Å². The third-order valence-electron chi connectivity index (χ3n) is 4.58. The standard InChI is InChI=1S/C24H29O4/c1-24(2,18-21-15-9-4-10-16-21)28-23(26)22(27-19-25)17-11-5-8-14-20-12-6-3-7-13-20/h3-4,6-7,9-10,12-13,15-16,22H,5,8,11,14,17-18H2,1-2H3. The Morgan fingerprint density at radius 2 is 1.54 bits per heavy atom. The average Bonchev–Trinajstić information content (AvgIpc) is 2.67. The Morgan fingerprint density at radius 1 is 0.929 bits per heavy atom. The first kappa shape index (κ1) is 21.7. The summed E-state index contributed by atoms with van der Waals surface area (Å²) in [6.07, 6.45) is 3.90. The molecule has 28 heavy (non-hydrogen) atoms. The van der Waals surface area contributed by atoms with Gasteiger partial charge in [0.2, 0.25) is 0 Å². The number of hydrogen-bond donors (Lipinski definition) is 0. The lowest BCUT2D eigenvalue weighted by Crippen LogP contribution is -2.36. The molecule has 0 N–H and O–H groups in total. The number of esters is 1. The zero-order chi connectivity index (χ0) is 20.2. The van der Waals surface area contributed by atoms with Crippen LogP contribution in [0.15, 0.2) is 60.7 Å². The minimum Gasteiger partial charge on any atom is -0.457 e. The van der Waals surface area contributed by atoms with Gasteiger partial charge in [0, 0.05) is 6.42 Å². The second-order valence-corrected chi connectivity index (χ2v) is 7.62. The van der Waals surface area contributed by atoms with Crippen LogP contribution in [0.2, 0.25) is 0 Å². The molecule has 2 aromatic rings. The monoisotopic (exact) mass is 381 g/mol. The molecule has 0 amide bonds. The fraction of sp³-hybridized carbons (Fsp3) is 0.417. The lowest BCUT2D eigenvalue weighted by Gasteiger charge is -2.27. The van der Waals surface area contributed by atoms with Gasteiger partial charge < -0.3 is 9.47 Å². The Morgan fingerprint density at radius 3 is 2.14 bits per heavy atom. The third kappa shape index (κ3) is 7.95. The zero-order valence-corrected chi connectivity index (χ0v) is 16.7. The third-order valence-corrected chi connectivity index (χ3v) is 4.58. The van der Waals surface area contributed by atoms with Crippen LogP contribution in [0.3, 0.4) is 0 Å². The van der Waals surface area contributed by atoms with Crippen molar-refractivity contribution in [3.8, 4) is 0 Å². The predicted octanol–water partition coefficient (Wildman–Crippen LogP) is 4.81. The normalized spacial score (nSPS) is 12.2. The van der Waals surface area contributed by atoms with E-state index >= 15 is 0 Å². The van der Waals surface area contributed by atoms with Crippen LogP contribution in [0, 0.1) is 0 Å². The number of benzene rings is 2. The molecular weight excluding hydrogens is 352 g/mol. The maximum absolute atomic E-state index is 12.5. The Balaban J connectivity index is 1.77. The molecule has 1 radical (unpaired) electrons. The predicted molar refractivity (Wildman–Crippen MR) is 109 cm³/mol. The molecule has 2 rings (SSSR count). The van der Waals surface area contributed by atoms with Crippen LogP contribution in [0.1, 0.15) is 50.7 Å². The number of carbonyl (C=O) groups excluding carboxylic acids is 2. The van der Waals surface area contributed by atoms with Crippen LogP contribution in [0.4, 0.5) is 0 Å². The van der Waals surface area contributed by atoms with Crippen molar-refractivity contribution in [1.82, 2.24) is 0 Å². The summed E-state index contributed by atoms with van der Waals surface area (Å²) in [7, 11) is 0. The van der Waals surface area contributed by atoms with Gasteiger partial charge in [0.15, 0.2) is 6.10 Å². The summed E-state index contributed by atoms with van der Waals surface area (Å²) in [4.78, 5) is 23.2. The molecule has 0 bridgehead atoms. The van der Waals surface area contributed by atoms with Gasteiger partial charge in [0.05, 0.1) is 0 Å². The van der Waals surface area contributed by atoms with E-state index in [1.165, 1.54) is 12.0 Å². The molecule has 0 aliphatic heterocycles. The molecule has 0 fully saturated rings. The van der Waals surface area contributed by atoms with Gasteiger partial charge in [-0.15, -0.1) is 0 Å². The molecule has 0 heterocycles. The van der Waals surface area contributed by atoms with E-state index in [1.54, 1.807) is 0 Å². The summed E-state index contributed by atoms with van der Waals surface area (Å²) in [5.41, 5.74) is 1.70. The second-order valence-electron chi connectivity index (χ2n) is 7.62. The van der Waals surface area contributed by atoms with E-state index in [0.717, 1.165) is 31.2 Å². The summed E-state index contributed by atoms with van der Waals surface area (Å²) in [5.74, 6) is -0.507. The molecule has 1 unspecified atom stereocenters. The highest BCUT2D eigenvalue weighted by Crippen LogP contribution is 2.20. The van der Waals surface area contributed by atoms with Crippen molar-refractivity contribution in [2.45, 2.75) is 64.1 Å². The molecule has 1 atom stereocenters. The molecule has 2 aromatic carbocycles. The van der Waals surface area contributed by atoms with Crippen LogP contribution < -0.4 is 0 Å². The minimum atomic E-state index is -0.899. The highest BCUT2D eigenvalue weighted by Gasteiger charge is 2.29. The minimum absolute atomic E-state index is 0.449. The van der Waals surface area contributed by atoms with Crippen molar-refractivity contribution in [2.75, 3.05) is 0 Å². The van der Waals surface area contributed by atoms with Crippen LogP contribution >= 0.6 is 0 Å². The number of hydrogen-bond acceptors (Lipinski definition) is 4. The van der Waals surface area contributed by atoms with Gasteiger partial charge in [-0.1, -0.05) is 67.1 Å². The molecule has 0 aromatic heterocycles. The number of carbonyl (C=O) groups is 1. The van der Waals surface area contributed by atoms with E-state index in [2.05, 4.69) is 12.1 Å². The summed E-state index contributed by atoms with van der Waals surface area (Å²) in [6.45, 7) is 5.12. The number of rotatable bonds is 12. The highest BCUT2D eigenvalue weighted by atomic mass is 16.6. The molecule has 0 aliphatic carbocycles. The van der Waals surface area contributed by atoms with E-state index in [-0.39, 0.29) is 0 Å². The van der Waals surface area contributed by atoms with Crippen molar-refractivity contribution >= 4 is 12.4 Å². The Hall–Kier alpha value is -2.62. The fourth-order valence-electron chi connectivity index (χ4n) is 3.22. The number of ether oxygens (including phenoxy) is 2. The van der Waals surface area contributed by atoms with Gasteiger partial charge in [0.1, 0.15) is 5.60 Å². The highest BCUT2D eigenvalue weighted by molar-refractivity contribution is 5.76. The Labute approximate surface area is 167 Å². The second kappa shape index (κ2) is 11.3. The van der Waals surface area contributed by atoms with E-state index in [0.29, 0.717) is 12.8 Å². The van der Waals surface area contributed by atoms with Crippen LogP contribution in [0.5, 0.6) is 0 Å². The van der Waals surface area contributed by atoms with Crippen molar-refractivity contribution in [1.29, 1.82) is 0 Å². The van der Waals surface area contributed by atoms with Crippen LogP contribution in [0.25, 0.3) is 0 Å². The quantitative estimate of drug-likeness (QED) is 0.391. The number of aryl methyl sites for hydroxylation is 1. The SMILES string of the molecule is CC(C)(Cc1ccccc1)OC(=O)C(CCCCCc1ccccc1)O[C]=O. The lowest BCUT2D eigenvalue weighted by atomic mass is 9.98. The van der Waals surface area contributed by atoms with E-state index < -0.39 is 17.7 Å². The zero-order valence-electron chi connectivity index (χ0n) is 16.7. The molecule has 0 spiro atoms. The summed E-state index contributed by atoms with van der Waals surface area (Å²) in [6, 6.07) is 20.1. The van der Waals surface area contributed by atoms with Gasteiger partial charge in [-0.2, -0.15) is 0 Å². The van der Waals surface area contributed by atoms with Gasteiger partial charge in [-0.05, 0) is 50.7 Å². The molecule has 149 valence electrons. The summed E-state index contributed by atoms with van der Waals surface area (Å²) in [5, 5.41) is 0. The molecule has 0 saturated heterocycles. The fourth-order valence-corrected chi connectivity index (χ4v) is 3.22. The largest absolute Gasteiger partial charge is 0.457 e. The average molecular weight is 381 g/mol. The lowest BCUT2D eigenvalue weighted by molar-refractivity contribution is -0.166. The van der Waals surface area contributed by atoms with Crippen LogP contribution in [-0.4, -0.2) is 24.1 Å². The Kier molecular flexibility index (Phi) is 8.73. The first-order valence-electron chi connectivity index (χ1n) is 9.84. The van der Waals surface area contributed by atoms with Crippen molar-refractivity contribution < 1.29 is 19.1 Å². The molecule has 4 heteroatoms. The van der Waals surface area contributed by atoms with Crippen molar-refractivity contribution in [3.05, 3.63) is 71.8 Å². The first-order chi connectivity index (χ1) is 13.5. The summed E-state index contributed by atoms with van der Waals surface area (Å²) >= 11 is 0. The van der Waals surface area contributed by atoms with Crippen molar-refractivity contribution in [2.24, 2.45) is 0 Å². The van der Waals surface area contributed by atoms with Crippen molar-refractivity contribution in [3.63, 3.8) is 0 Å². The molecule has 4 nitrogen and oxygen atoms in total.